The molecular weight excluding hydrogens is 324 g/mol. The normalized spacial score (nSPS) is 15.0. The highest BCUT2D eigenvalue weighted by Gasteiger charge is 2.27. The molecule has 7 heteroatoms. The second kappa shape index (κ2) is 9.17. The lowest BCUT2D eigenvalue weighted by atomic mass is 9.97. The third kappa shape index (κ3) is 5.86. The average molecular weight is 348 g/mol. The number of likely N-dealkylation sites (N-methyl/N-ethyl adjacent to an activating group) is 1. The average Bonchev–Trinajstić information content (AvgIpc) is 2.62. The molecule has 1 aromatic carbocycles. The topological polar surface area (TPSA) is 87.2 Å². The van der Waals surface area contributed by atoms with Gasteiger partial charge in [-0.1, -0.05) is 30.3 Å². The first-order valence-corrected chi connectivity index (χ1v) is 8.33. The van der Waals surface area contributed by atoms with Gasteiger partial charge in [0.25, 0.3) is 0 Å². The van der Waals surface area contributed by atoms with Crippen molar-refractivity contribution >= 4 is 17.8 Å². The third-order valence-corrected chi connectivity index (χ3v) is 4.33. The van der Waals surface area contributed by atoms with Gasteiger partial charge in [-0.15, -0.1) is 0 Å². The number of hydrogen-bond acceptors (Lipinski definition) is 4. The summed E-state index contributed by atoms with van der Waals surface area (Å²) in [5, 5.41) is 8.98. The van der Waals surface area contributed by atoms with Gasteiger partial charge in [0.15, 0.2) is 0 Å². The van der Waals surface area contributed by atoms with Crippen LogP contribution in [0.15, 0.2) is 30.3 Å². The van der Waals surface area contributed by atoms with E-state index in [9.17, 15) is 14.4 Å². The largest absolute Gasteiger partial charge is 0.481 e. The Morgan fingerprint density at radius 2 is 1.84 bits per heavy atom. The van der Waals surface area contributed by atoms with Crippen LogP contribution in [0.25, 0.3) is 0 Å². The van der Waals surface area contributed by atoms with Crippen LogP contribution in [0.5, 0.6) is 0 Å². The predicted octanol–water partition coefficient (Wildman–Crippen LogP) is 0.985. The number of carbonyl (C=O) groups excluding carboxylic acids is 2. The van der Waals surface area contributed by atoms with Crippen molar-refractivity contribution in [2.75, 3.05) is 33.3 Å². The lowest BCUT2D eigenvalue weighted by Gasteiger charge is -2.31. The van der Waals surface area contributed by atoms with Gasteiger partial charge in [-0.2, -0.15) is 0 Å². The van der Waals surface area contributed by atoms with Gasteiger partial charge in [-0.25, -0.2) is 0 Å². The minimum atomic E-state index is -0.810. The summed E-state index contributed by atoms with van der Waals surface area (Å²) in [6, 6.07) is 9.54. The highest BCUT2D eigenvalue weighted by atomic mass is 16.5. The van der Waals surface area contributed by atoms with E-state index in [1.807, 2.05) is 30.3 Å². The zero-order chi connectivity index (χ0) is 18.2. The van der Waals surface area contributed by atoms with Gasteiger partial charge in [0.1, 0.15) is 6.61 Å². The van der Waals surface area contributed by atoms with Crippen molar-refractivity contribution in [3.8, 4) is 0 Å². The fraction of sp³-hybridized carbons (Fsp3) is 0.500. The van der Waals surface area contributed by atoms with E-state index in [1.165, 1.54) is 4.90 Å². The van der Waals surface area contributed by atoms with Crippen LogP contribution in [0, 0.1) is 5.92 Å². The molecule has 7 nitrogen and oxygen atoms in total. The van der Waals surface area contributed by atoms with E-state index in [1.54, 1.807) is 11.9 Å². The molecule has 0 spiro atoms. The summed E-state index contributed by atoms with van der Waals surface area (Å²) >= 11 is 0. The fourth-order valence-corrected chi connectivity index (χ4v) is 2.71. The highest BCUT2D eigenvalue weighted by Crippen LogP contribution is 2.17. The van der Waals surface area contributed by atoms with Crippen molar-refractivity contribution in [3.63, 3.8) is 0 Å². The first kappa shape index (κ1) is 18.9. The molecule has 0 bridgehead atoms. The fourth-order valence-electron chi connectivity index (χ4n) is 2.71. The number of carboxylic acid groups (broad SMARTS) is 1. The molecule has 1 aromatic rings. The predicted molar refractivity (Wildman–Crippen MR) is 90.7 cm³/mol. The SMILES string of the molecule is CN(CC(=O)N1CCC(C(=O)O)CC1)C(=O)COCc1ccccc1. The van der Waals surface area contributed by atoms with E-state index in [-0.39, 0.29) is 30.9 Å². The molecule has 1 fully saturated rings. The number of rotatable bonds is 7. The number of nitrogens with zero attached hydrogens (tertiary/aromatic N) is 2. The smallest absolute Gasteiger partial charge is 0.306 e. The number of carboxylic acids is 1. The molecule has 0 saturated carbocycles. The lowest BCUT2D eigenvalue weighted by Crippen LogP contribution is -2.46. The maximum Gasteiger partial charge on any atom is 0.306 e. The van der Waals surface area contributed by atoms with Crippen LogP contribution in [0.4, 0.5) is 0 Å². The maximum atomic E-state index is 12.2. The molecule has 136 valence electrons. The summed E-state index contributed by atoms with van der Waals surface area (Å²) in [6.45, 7) is 1.08. The third-order valence-electron chi connectivity index (χ3n) is 4.33. The zero-order valence-electron chi connectivity index (χ0n) is 14.4. The van der Waals surface area contributed by atoms with Crippen molar-refractivity contribution in [1.29, 1.82) is 0 Å². The van der Waals surface area contributed by atoms with E-state index in [0.717, 1.165) is 5.56 Å². The van der Waals surface area contributed by atoms with Gasteiger partial charge < -0.3 is 19.6 Å². The van der Waals surface area contributed by atoms with E-state index in [4.69, 9.17) is 9.84 Å². The van der Waals surface area contributed by atoms with Gasteiger partial charge in [0, 0.05) is 20.1 Å². The molecule has 25 heavy (non-hydrogen) atoms. The van der Waals surface area contributed by atoms with Crippen molar-refractivity contribution in [1.82, 2.24) is 9.80 Å². The minimum Gasteiger partial charge on any atom is -0.481 e. The van der Waals surface area contributed by atoms with E-state index < -0.39 is 5.97 Å². The first-order valence-electron chi connectivity index (χ1n) is 8.33. The molecule has 0 aliphatic carbocycles. The van der Waals surface area contributed by atoms with Crippen molar-refractivity contribution in [2.24, 2.45) is 5.92 Å². The number of hydrogen-bond donors (Lipinski definition) is 1. The summed E-state index contributed by atoms with van der Waals surface area (Å²) in [5.41, 5.74) is 0.982. The molecule has 0 aromatic heterocycles. The monoisotopic (exact) mass is 348 g/mol. The minimum absolute atomic E-state index is 0.0226. The molecule has 2 amide bonds. The summed E-state index contributed by atoms with van der Waals surface area (Å²) in [6.07, 6.45) is 0.915. The molecule has 1 aliphatic heterocycles. The number of amides is 2. The summed E-state index contributed by atoms with van der Waals surface area (Å²) in [4.78, 5) is 38.2. The Balaban J connectivity index is 1.69. The maximum absolute atomic E-state index is 12.2. The molecule has 0 unspecified atom stereocenters. The number of aliphatic carboxylic acids is 1. The van der Waals surface area contributed by atoms with Gasteiger partial charge in [-0.05, 0) is 18.4 Å². The Hall–Kier alpha value is -2.41. The number of benzene rings is 1. The molecule has 0 atom stereocenters. The first-order chi connectivity index (χ1) is 12.0. The second-order valence-corrected chi connectivity index (χ2v) is 6.22. The molecule has 2 rings (SSSR count). The Morgan fingerprint density at radius 3 is 2.44 bits per heavy atom. The standard InChI is InChI=1S/C18H24N2O5/c1-19(17(22)13-25-12-14-5-3-2-4-6-14)11-16(21)20-9-7-15(8-10-20)18(23)24/h2-6,15H,7-13H2,1H3,(H,23,24). The van der Waals surface area contributed by atoms with Crippen LogP contribution in [0.2, 0.25) is 0 Å². The highest BCUT2D eigenvalue weighted by molar-refractivity contribution is 5.85. The molecule has 0 radical (unpaired) electrons. The van der Waals surface area contributed by atoms with Crippen LogP contribution in [0.3, 0.4) is 0 Å². The van der Waals surface area contributed by atoms with E-state index >= 15 is 0 Å². The van der Waals surface area contributed by atoms with E-state index in [2.05, 4.69) is 0 Å². The van der Waals surface area contributed by atoms with Crippen LogP contribution in [0.1, 0.15) is 18.4 Å². The number of piperidine rings is 1. The summed E-state index contributed by atoms with van der Waals surface area (Å²) in [7, 11) is 1.57. The molecule has 1 heterocycles. The Bertz CT molecular complexity index is 597. The van der Waals surface area contributed by atoms with E-state index in [0.29, 0.717) is 32.5 Å². The Morgan fingerprint density at radius 1 is 1.20 bits per heavy atom. The molecule has 1 saturated heterocycles. The zero-order valence-corrected chi connectivity index (χ0v) is 14.4. The number of carbonyl (C=O) groups is 3. The summed E-state index contributed by atoms with van der Waals surface area (Å²) < 4.78 is 5.39. The van der Waals surface area contributed by atoms with Gasteiger partial charge >= 0.3 is 5.97 Å². The van der Waals surface area contributed by atoms with Crippen molar-refractivity contribution in [2.45, 2.75) is 19.4 Å². The van der Waals surface area contributed by atoms with Crippen LogP contribution >= 0.6 is 0 Å². The number of likely N-dealkylation sites (tertiary alicyclic amines) is 1. The quantitative estimate of drug-likeness (QED) is 0.794. The van der Waals surface area contributed by atoms with Gasteiger partial charge in [0.2, 0.25) is 11.8 Å². The molecular formula is C18H24N2O5. The van der Waals surface area contributed by atoms with Crippen molar-refractivity contribution in [3.05, 3.63) is 35.9 Å². The van der Waals surface area contributed by atoms with Crippen LogP contribution < -0.4 is 0 Å². The Labute approximate surface area is 147 Å². The Kier molecular flexibility index (Phi) is 6.94. The molecule has 1 aliphatic rings. The molecule has 1 N–H and O–H groups in total. The van der Waals surface area contributed by atoms with Gasteiger partial charge in [-0.3, -0.25) is 14.4 Å². The van der Waals surface area contributed by atoms with Crippen LogP contribution in [-0.2, 0) is 25.7 Å². The van der Waals surface area contributed by atoms with Crippen LogP contribution in [-0.4, -0.2) is 66.0 Å². The van der Waals surface area contributed by atoms with Gasteiger partial charge in [0.05, 0.1) is 19.1 Å². The van der Waals surface area contributed by atoms with Crippen molar-refractivity contribution < 1.29 is 24.2 Å². The lowest BCUT2D eigenvalue weighted by molar-refractivity contribution is -0.147. The summed E-state index contributed by atoms with van der Waals surface area (Å²) in [5.74, 6) is -1.61. The number of ether oxygens (including phenoxy) is 1. The second-order valence-electron chi connectivity index (χ2n) is 6.22.